The van der Waals surface area contributed by atoms with E-state index < -0.39 is 35.2 Å². The van der Waals surface area contributed by atoms with Crippen LogP contribution in [0.2, 0.25) is 0 Å². The first kappa shape index (κ1) is 42.5. The minimum absolute atomic E-state index is 0.0407. The normalized spacial score (nSPS) is 13.3. The minimum Gasteiger partial charge on any atom is -0.507 e. The number of halogens is 3. The summed E-state index contributed by atoms with van der Waals surface area (Å²) in [6.45, 7) is 8.70. The van der Waals surface area contributed by atoms with E-state index >= 15 is 0 Å². The Hall–Kier alpha value is -6.07. The Morgan fingerprint density at radius 2 is 1.25 bits per heavy atom. The number of rotatable bonds is 12. The second kappa shape index (κ2) is 18.7. The molecule has 6 aromatic carbocycles. The largest absolute Gasteiger partial charge is 0.507 e. The molecule has 0 amide bonds. The van der Waals surface area contributed by atoms with Gasteiger partial charge in [0.05, 0.1) is 5.56 Å². The van der Waals surface area contributed by atoms with Gasteiger partial charge in [0.2, 0.25) is 0 Å². The topological polar surface area (TPSA) is 122 Å². The van der Waals surface area contributed by atoms with Crippen LogP contribution in [0, 0.1) is 6.92 Å². The number of aromatic hydroxyl groups is 2. The van der Waals surface area contributed by atoms with Crippen molar-refractivity contribution in [3.8, 4) is 11.5 Å². The average Bonchev–Trinajstić information content (AvgIpc) is 3.22. The van der Waals surface area contributed by atoms with Crippen molar-refractivity contribution < 1.29 is 43.2 Å². The first-order valence-electron chi connectivity index (χ1n) is 19.9. The summed E-state index contributed by atoms with van der Waals surface area (Å²) in [6, 6.07) is 29.3. The number of anilines is 1. The molecule has 0 saturated carbocycles. The number of fused-ring (bicyclic) bond motifs is 2. The van der Waals surface area contributed by atoms with Crippen LogP contribution in [-0.2, 0) is 25.4 Å². The van der Waals surface area contributed by atoms with Crippen LogP contribution in [0.5, 0.6) is 11.5 Å². The minimum atomic E-state index is -4.29. The molecule has 4 N–H and O–H groups in total. The number of piperazine rings is 1. The van der Waals surface area contributed by atoms with Gasteiger partial charge >= 0.3 is 18.1 Å². The number of aryl methyl sites for hydroxylation is 2. The van der Waals surface area contributed by atoms with Crippen LogP contribution in [0.3, 0.4) is 0 Å². The van der Waals surface area contributed by atoms with E-state index in [1.807, 2.05) is 0 Å². The van der Waals surface area contributed by atoms with Gasteiger partial charge in [0.1, 0.15) is 22.6 Å². The summed E-state index contributed by atoms with van der Waals surface area (Å²) < 4.78 is 38.9. The molecular weight excluding hydrogens is 758 g/mol. The molecule has 0 aromatic heterocycles. The first-order valence-corrected chi connectivity index (χ1v) is 19.9. The summed E-state index contributed by atoms with van der Waals surface area (Å²) in [7, 11) is 0. The SMILES string of the molecule is CCCCCc1cc(CCN2CCN(c3cccc(C(F)(F)F)c3)CC2)ccc1C.O=C(O)c1cc2ccccc2c(Cc2c(O)c(C(=O)O)cc3ccccc23)c1O. The van der Waals surface area contributed by atoms with Gasteiger partial charge in [-0.25, -0.2) is 9.59 Å². The van der Waals surface area contributed by atoms with Crippen molar-refractivity contribution >= 4 is 39.2 Å². The highest BCUT2D eigenvalue weighted by molar-refractivity contribution is 6.02. The first-order chi connectivity index (χ1) is 28.2. The van der Waals surface area contributed by atoms with Gasteiger partial charge in [-0.1, -0.05) is 92.6 Å². The summed E-state index contributed by atoms with van der Waals surface area (Å²) in [6.07, 6.45) is 1.61. The molecule has 6 aromatic rings. The lowest BCUT2D eigenvalue weighted by molar-refractivity contribution is -0.137. The molecule has 0 bridgehead atoms. The molecule has 1 aliphatic heterocycles. The second-order valence-corrected chi connectivity index (χ2v) is 15.1. The molecule has 0 spiro atoms. The van der Waals surface area contributed by atoms with Crippen LogP contribution in [-0.4, -0.2) is 70.0 Å². The monoisotopic (exact) mass is 806 g/mol. The number of aromatic carboxylic acids is 2. The number of hydrogen-bond acceptors (Lipinski definition) is 6. The Bertz CT molecular complexity index is 2360. The molecule has 1 saturated heterocycles. The fourth-order valence-corrected chi connectivity index (χ4v) is 7.80. The van der Waals surface area contributed by atoms with E-state index in [0.717, 1.165) is 51.6 Å². The van der Waals surface area contributed by atoms with E-state index in [0.29, 0.717) is 38.4 Å². The van der Waals surface area contributed by atoms with Crippen molar-refractivity contribution in [1.82, 2.24) is 4.90 Å². The molecule has 308 valence electrons. The summed E-state index contributed by atoms with van der Waals surface area (Å²) in [5.41, 5.74) is 4.43. The number of phenols is 2. The number of benzene rings is 6. The molecule has 0 atom stereocenters. The number of hydrogen-bond donors (Lipinski definition) is 4. The van der Waals surface area contributed by atoms with Crippen molar-refractivity contribution in [1.29, 1.82) is 0 Å². The molecule has 11 heteroatoms. The zero-order chi connectivity index (χ0) is 42.3. The third-order valence-electron chi connectivity index (χ3n) is 11.2. The number of carboxylic acids is 2. The molecular formula is C48H49F3N2O6. The van der Waals surface area contributed by atoms with Crippen molar-refractivity contribution in [2.75, 3.05) is 37.6 Å². The molecule has 0 aliphatic carbocycles. The van der Waals surface area contributed by atoms with Gasteiger partial charge in [0, 0.05) is 56.0 Å². The van der Waals surface area contributed by atoms with Crippen molar-refractivity contribution in [3.05, 3.63) is 148 Å². The lowest BCUT2D eigenvalue weighted by Gasteiger charge is -2.36. The van der Waals surface area contributed by atoms with E-state index in [1.54, 1.807) is 54.6 Å². The van der Waals surface area contributed by atoms with Gasteiger partial charge in [-0.05, 0) is 94.8 Å². The second-order valence-electron chi connectivity index (χ2n) is 15.1. The number of nitrogens with zero attached hydrogens (tertiary/aromatic N) is 2. The van der Waals surface area contributed by atoms with E-state index in [4.69, 9.17) is 0 Å². The molecule has 1 fully saturated rings. The molecule has 7 rings (SSSR count). The Morgan fingerprint density at radius 3 is 1.80 bits per heavy atom. The van der Waals surface area contributed by atoms with Crippen LogP contribution in [0.1, 0.15) is 80.3 Å². The highest BCUT2D eigenvalue weighted by atomic mass is 19.4. The highest BCUT2D eigenvalue weighted by Crippen LogP contribution is 2.39. The van der Waals surface area contributed by atoms with Crippen molar-refractivity contribution in [3.63, 3.8) is 0 Å². The molecule has 8 nitrogen and oxygen atoms in total. The number of carboxylic acid groups (broad SMARTS) is 2. The fourth-order valence-electron chi connectivity index (χ4n) is 7.80. The van der Waals surface area contributed by atoms with Gasteiger partial charge in [0.25, 0.3) is 0 Å². The van der Waals surface area contributed by atoms with Crippen molar-refractivity contribution in [2.45, 2.75) is 58.5 Å². The van der Waals surface area contributed by atoms with Crippen LogP contribution in [0.4, 0.5) is 18.9 Å². The van der Waals surface area contributed by atoms with E-state index in [-0.39, 0.29) is 17.5 Å². The fraction of sp³-hybridized carbons (Fsp3) is 0.292. The van der Waals surface area contributed by atoms with Gasteiger partial charge < -0.3 is 25.3 Å². The Morgan fingerprint density at radius 1 is 0.678 bits per heavy atom. The zero-order valence-corrected chi connectivity index (χ0v) is 33.2. The third kappa shape index (κ3) is 10.2. The van der Waals surface area contributed by atoms with Crippen LogP contribution < -0.4 is 4.90 Å². The average molecular weight is 807 g/mol. The lowest BCUT2D eigenvalue weighted by atomic mass is 9.90. The Labute approximate surface area is 341 Å². The molecule has 59 heavy (non-hydrogen) atoms. The van der Waals surface area contributed by atoms with Gasteiger partial charge in [-0.3, -0.25) is 4.90 Å². The summed E-state index contributed by atoms with van der Waals surface area (Å²) in [5, 5.41) is 42.8. The molecule has 1 heterocycles. The smallest absolute Gasteiger partial charge is 0.416 e. The van der Waals surface area contributed by atoms with Gasteiger partial charge in [-0.2, -0.15) is 13.2 Å². The summed E-state index contributed by atoms with van der Waals surface area (Å²) in [5.74, 6) is -3.36. The number of unbranched alkanes of at least 4 members (excludes halogenated alkanes) is 2. The maximum Gasteiger partial charge on any atom is 0.416 e. The van der Waals surface area contributed by atoms with E-state index in [2.05, 4.69) is 41.8 Å². The van der Waals surface area contributed by atoms with Crippen molar-refractivity contribution in [2.24, 2.45) is 0 Å². The maximum atomic E-state index is 13.0. The van der Waals surface area contributed by atoms with Crippen LogP contribution in [0.25, 0.3) is 21.5 Å². The highest BCUT2D eigenvalue weighted by Gasteiger charge is 2.31. The number of alkyl halides is 3. The number of carbonyl (C=O) groups is 2. The zero-order valence-electron chi connectivity index (χ0n) is 33.2. The summed E-state index contributed by atoms with van der Waals surface area (Å²) >= 11 is 0. The third-order valence-corrected chi connectivity index (χ3v) is 11.2. The lowest BCUT2D eigenvalue weighted by Crippen LogP contribution is -2.47. The summed E-state index contributed by atoms with van der Waals surface area (Å²) in [4.78, 5) is 27.7. The Balaban J connectivity index is 0.000000198. The van der Waals surface area contributed by atoms with Gasteiger partial charge in [-0.15, -0.1) is 0 Å². The van der Waals surface area contributed by atoms with Crippen LogP contribution in [0.15, 0.2) is 103 Å². The van der Waals surface area contributed by atoms with E-state index in [9.17, 15) is 43.2 Å². The van der Waals surface area contributed by atoms with E-state index in [1.165, 1.54) is 60.2 Å². The standard InChI is InChI=1S/C25H33F3N2.C23H16O6/c1-3-4-5-7-22-18-21(11-10-20(22)2)12-13-29-14-16-30(17-15-29)24-9-6-8-23(19-24)25(26,27)28;24-20-16(14-7-3-1-5-12(14)9-18(20)22(26)27)11-17-15-8-4-2-6-13(15)10-19(21(17)25)23(28)29/h6,8-11,18-19H,3-5,7,12-17H2,1-2H3;1-10,24-25H,11H2,(H,26,27)(H,28,29). The van der Waals surface area contributed by atoms with Gasteiger partial charge in [0.15, 0.2) is 0 Å². The molecule has 0 radical (unpaired) electrons. The molecule has 0 unspecified atom stereocenters. The predicted molar refractivity (Wildman–Crippen MR) is 226 cm³/mol. The molecule has 1 aliphatic rings. The predicted octanol–water partition coefficient (Wildman–Crippen LogP) is 10.5. The van der Waals surface area contributed by atoms with Crippen LogP contribution >= 0.6 is 0 Å². The maximum absolute atomic E-state index is 13.0. The quantitative estimate of drug-likeness (QED) is 0.0902. The Kier molecular flexibility index (Phi) is 13.5.